The van der Waals surface area contributed by atoms with Gasteiger partial charge in [-0.3, -0.25) is 12.9 Å². The smallest absolute Gasteiger partial charge is 0.496 e. The van der Waals surface area contributed by atoms with Gasteiger partial charge in [-0.2, -0.15) is 0 Å². The molecule has 0 aliphatic heterocycles. The molecule has 15 heavy (non-hydrogen) atoms. The highest BCUT2D eigenvalue weighted by atomic mass is 79.9. The Bertz CT molecular complexity index is 496. The number of hydrogen-bond acceptors (Lipinski definition) is 1. The minimum Gasteiger partial charge on any atom is -0.496 e. The third kappa shape index (κ3) is 2.01. The summed E-state index contributed by atoms with van der Waals surface area (Å²) in [5, 5.41) is 2.55. The lowest BCUT2D eigenvalue weighted by Crippen LogP contribution is -2.14. The Labute approximate surface area is 105 Å². The number of rotatable bonds is 2. The van der Waals surface area contributed by atoms with Gasteiger partial charge in [0, 0.05) is 5.39 Å². The normalized spacial score (nSPS) is 10.1. The number of hydrogen-bond donors (Lipinski definition) is 0. The van der Waals surface area contributed by atoms with Crippen LogP contribution in [0.1, 0.15) is 5.56 Å². The molecule has 0 saturated carbocycles. The molecule has 1 nitrogen and oxygen atoms in total. The highest BCUT2D eigenvalue weighted by molar-refractivity contribution is 9.23. The number of ether oxygens (including phenoxy) is 1. The van der Waals surface area contributed by atoms with E-state index in [0.717, 1.165) is 5.75 Å². The molecule has 2 aromatic carbocycles. The van der Waals surface area contributed by atoms with E-state index >= 15 is 0 Å². The lowest BCUT2D eigenvalue weighted by molar-refractivity contribution is 0.419. The fourth-order valence-corrected chi connectivity index (χ4v) is 4.88. The van der Waals surface area contributed by atoms with Crippen molar-refractivity contribution in [1.29, 1.82) is 0 Å². The zero-order valence-corrected chi connectivity index (χ0v) is 11.9. The zero-order chi connectivity index (χ0) is 10.8. The van der Waals surface area contributed by atoms with Crippen LogP contribution in [0.3, 0.4) is 0 Å². The molecule has 0 amide bonds. The number of methoxy groups -OCH3 is 1. The molecule has 0 spiro atoms. The molecule has 0 atom stereocenters. The first-order valence-electron chi connectivity index (χ1n) is 4.89. The van der Waals surface area contributed by atoms with Gasteiger partial charge < -0.3 is 4.74 Å². The predicted octanol–water partition coefficient (Wildman–Crippen LogP) is 2.80. The largest absolute Gasteiger partial charge is 0.508 e. The van der Waals surface area contributed by atoms with Gasteiger partial charge in [0.1, 0.15) is 5.75 Å². The van der Waals surface area contributed by atoms with Crippen molar-refractivity contribution in [1.82, 2.24) is 0 Å². The van der Waals surface area contributed by atoms with Crippen molar-refractivity contribution in [2.45, 2.75) is 6.92 Å². The molecular weight excluding hydrogens is 264 g/mol. The Hall–Kier alpha value is -0.254. The molecule has 2 aromatic rings. The first kappa shape index (κ1) is 11.2. The average Bonchev–Trinajstić information content (AvgIpc) is 2.28. The molecule has 0 bridgehead atoms. The maximum absolute atomic E-state index is 5.41. The molecular formula is C12H11BrMgO. The molecule has 0 radical (unpaired) electrons. The second kappa shape index (κ2) is 4.72. The molecule has 3 heteroatoms. The van der Waals surface area contributed by atoms with E-state index in [0.29, 0.717) is 0 Å². The summed E-state index contributed by atoms with van der Waals surface area (Å²) in [6, 6.07) is 10.6. The molecule has 74 valence electrons. The van der Waals surface area contributed by atoms with Crippen molar-refractivity contribution in [2.24, 2.45) is 0 Å². The van der Waals surface area contributed by atoms with Gasteiger partial charge in [0.05, 0.1) is 7.11 Å². The van der Waals surface area contributed by atoms with Crippen LogP contribution in [-0.2, 0) is 0 Å². The summed E-state index contributed by atoms with van der Waals surface area (Å²) in [4.78, 5) is 0. The third-order valence-electron chi connectivity index (χ3n) is 2.69. The van der Waals surface area contributed by atoms with Crippen LogP contribution in [-0.4, -0.2) is 25.3 Å². The Morgan fingerprint density at radius 3 is 2.47 bits per heavy atom. The SMILES string of the molecule is COc1cc(C)[c]([Mg][Br])c2ccccc12. The second-order valence-corrected chi connectivity index (χ2v) is 6.21. The minimum absolute atomic E-state index is 0.326. The summed E-state index contributed by atoms with van der Waals surface area (Å²) >= 11 is 3.35. The maximum Gasteiger partial charge on any atom is 0.508 e. The Morgan fingerprint density at radius 2 is 1.87 bits per heavy atom. The average molecular weight is 275 g/mol. The zero-order valence-electron chi connectivity index (χ0n) is 8.88. The van der Waals surface area contributed by atoms with Crippen LogP contribution < -0.4 is 8.43 Å². The van der Waals surface area contributed by atoms with Crippen molar-refractivity contribution in [3.05, 3.63) is 35.9 Å². The van der Waals surface area contributed by atoms with E-state index in [4.69, 9.17) is 4.74 Å². The molecule has 0 unspecified atom stereocenters. The van der Waals surface area contributed by atoms with Crippen LogP contribution >= 0.6 is 12.9 Å². The lowest BCUT2D eigenvalue weighted by atomic mass is 10.1. The summed E-state index contributed by atoms with van der Waals surface area (Å²) in [6.07, 6.45) is 0. The second-order valence-electron chi connectivity index (χ2n) is 3.55. The number of benzene rings is 2. The highest BCUT2D eigenvalue weighted by Gasteiger charge is 2.09. The molecule has 0 N–H and O–H groups in total. The van der Waals surface area contributed by atoms with E-state index in [2.05, 4.69) is 50.1 Å². The van der Waals surface area contributed by atoms with Crippen LogP contribution in [0.15, 0.2) is 30.3 Å². The van der Waals surface area contributed by atoms with Crippen LogP contribution in [0.2, 0.25) is 0 Å². The van der Waals surface area contributed by atoms with E-state index in [1.165, 1.54) is 20.0 Å². The van der Waals surface area contributed by atoms with Gasteiger partial charge in [0.15, 0.2) is 0 Å². The fourth-order valence-electron chi connectivity index (χ4n) is 1.88. The van der Waals surface area contributed by atoms with Crippen LogP contribution in [0.5, 0.6) is 5.75 Å². The topological polar surface area (TPSA) is 9.23 Å². The minimum atomic E-state index is -0.326. The molecule has 0 fully saturated rings. The van der Waals surface area contributed by atoms with E-state index in [1.807, 2.05) is 0 Å². The number of aryl methyl sites for hydroxylation is 1. The maximum atomic E-state index is 5.41. The highest BCUT2D eigenvalue weighted by Crippen LogP contribution is 2.25. The number of fused-ring (bicyclic) bond motifs is 1. The van der Waals surface area contributed by atoms with Gasteiger partial charge in [-0.25, -0.2) is 0 Å². The molecule has 0 aliphatic rings. The van der Waals surface area contributed by atoms with Crippen molar-refractivity contribution in [3.63, 3.8) is 0 Å². The Balaban J connectivity index is 2.86. The summed E-state index contributed by atoms with van der Waals surface area (Å²) in [5.41, 5.74) is 1.33. The monoisotopic (exact) mass is 274 g/mol. The molecule has 0 aromatic heterocycles. The fraction of sp³-hybridized carbons (Fsp3) is 0.167. The van der Waals surface area contributed by atoms with Crippen molar-refractivity contribution in [2.75, 3.05) is 7.11 Å². The van der Waals surface area contributed by atoms with Gasteiger partial charge in [-0.15, -0.1) is 3.69 Å². The molecule has 2 rings (SSSR count). The first-order chi connectivity index (χ1) is 7.27. The summed E-state index contributed by atoms with van der Waals surface area (Å²) in [6.45, 7) is 2.15. The third-order valence-corrected chi connectivity index (χ3v) is 5.58. The quantitative estimate of drug-likeness (QED) is 0.766. The van der Waals surface area contributed by atoms with Crippen LogP contribution in [0.25, 0.3) is 10.8 Å². The predicted molar refractivity (Wildman–Crippen MR) is 69.6 cm³/mol. The molecule has 0 aliphatic carbocycles. The Morgan fingerprint density at radius 1 is 1.20 bits per heavy atom. The van der Waals surface area contributed by atoms with Gasteiger partial charge in [0.25, 0.3) is 0 Å². The van der Waals surface area contributed by atoms with Gasteiger partial charge in [-0.05, 0) is 18.4 Å². The van der Waals surface area contributed by atoms with Crippen molar-refractivity contribution < 1.29 is 4.74 Å². The molecule has 0 saturated heterocycles. The summed E-state index contributed by atoms with van der Waals surface area (Å²) in [5.74, 6) is 0.974. The summed E-state index contributed by atoms with van der Waals surface area (Å²) in [7, 11) is 1.73. The number of halogens is 1. The van der Waals surface area contributed by atoms with Gasteiger partial charge in [0.2, 0.25) is 0 Å². The summed E-state index contributed by atoms with van der Waals surface area (Å²) < 4.78 is 6.89. The molecule has 0 heterocycles. The van der Waals surface area contributed by atoms with Gasteiger partial charge in [-0.1, -0.05) is 29.8 Å². The van der Waals surface area contributed by atoms with Crippen LogP contribution in [0, 0.1) is 6.92 Å². The van der Waals surface area contributed by atoms with E-state index in [9.17, 15) is 0 Å². The van der Waals surface area contributed by atoms with E-state index in [-0.39, 0.29) is 18.2 Å². The Kier molecular flexibility index (Phi) is 3.54. The van der Waals surface area contributed by atoms with E-state index in [1.54, 1.807) is 7.11 Å². The standard InChI is InChI=1S/C12H11O.BrH.Mg/c1-9-7-10-5-3-4-6-11(10)12(8-9)13-2;;/h3-6,8H,1-2H3;1H;/q;;+1/p-1. The van der Waals surface area contributed by atoms with Crippen molar-refractivity contribution in [3.8, 4) is 5.75 Å². The first-order valence-corrected chi connectivity index (χ1v) is 9.49. The van der Waals surface area contributed by atoms with E-state index < -0.39 is 0 Å². The lowest BCUT2D eigenvalue weighted by Gasteiger charge is -2.12. The van der Waals surface area contributed by atoms with Crippen LogP contribution in [0.4, 0.5) is 0 Å². The van der Waals surface area contributed by atoms with Crippen molar-refractivity contribution >= 4 is 45.5 Å². The van der Waals surface area contributed by atoms with Gasteiger partial charge >= 0.3 is 18.2 Å².